The lowest BCUT2D eigenvalue weighted by Crippen LogP contribution is -2.17. The molecule has 2 atom stereocenters. The van der Waals surface area contributed by atoms with Crippen molar-refractivity contribution >= 4 is 22.8 Å². The maximum atomic E-state index is 12.6. The van der Waals surface area contributed by atoms with E-state index in [4.69, 9.17) is 30.3 Å². The predicted octanol–water partition coefficient (Wildman–Crippen LogP) is 2.63. The number of H-pyrrole nitrogens is 1. The fraction of sp³-hybridized carbons (Fsp3) is 0.364. The first-order valence-electron chi connectivity index (χ1n) is 10.0. The van der Waals surface area contributed by atoms with Gasteiger partial charge in [-0.3, -0.25) is 14.4 Å². The number of imidazole rings is 1. The molecule has 1 saturated carbocycles. The van der Waals surface area contributed by atoms with Gasteiger partial charge >= 0.3 is 0 Å². The van der Waals surface area contributed by atoms with Crippen molar-refractivity contribution in [3.63, 3.8) is 0 Å². The van der Waals surface area contributed by atoms with E-state index >= 15 is 0 Å². The number of pyridine rings is 1. The molecule has 10 heteroatoms. The number of methoxy groups -OCH3 is 1. The maximum absolute atomic E-state index is 12.6. The Balaban J connectivity index is 0.000000395. The molecular weight excluding hydrogens is 416 g/mol. The number of nitrogens with one attached hydrogen (secondary N) is 1. The third kappa shape index (κ3) is 6.67. The van der Waals surface area contributed by atoms with Gasteiger partial charge in [0.25, 0.3) is 17.5 Å². The van der Waals surface area contributed by atoms with Crippen molar-refractivity contribution in [2.24, 2.45) is 5.73 Å². The third-order valence-electron chi connectivity index (χ3n) is 4.80. The van der Waals surface area contributed by atoms with Crippen LogP contribution in [0.15, 0.2) is 41.5 Å². The summed E-state index contributed by atoms with van der Waals surface area (Å²) < 4.78 is 7.36. The molecule has 1 aliphatic carbocycles. The molecule has 4 rings (SSSR count). The highest BCUT2D eigenvalue weighted by molar-refractivity contribution is 5.83. The Morgan fingerprint density at radius 3 is 2.41 bits per heavy atom. The molecule has 0 amide bonds. The van der Waals surface area contributed by atoms with Crippen LogP contribution in [0.4, 0.5) is 0 Å². The van der Waals surface area contributed by atoms with Crippen molar-refractivity contribution in [3.8, 4) is 17.1 Å². The number of carbonyl (C=O) groups is 2. The van der Waals surface area contributed by atoms with Gasteiger partial charge in [0.1, 0.15) is 11.6 Å². The standard InChI is InChI=1S/C18H20N4O2.2C2H4O2/c1-24-14-4-5-16-11(8-14)9-15(18(23)21-16)17-20-6-7-22(17)13-3-2-12(19)10-13;2*1-2(3)4/h4-9,12-13H,2-3,10,19H2,1H3,(H,21,23);2*1H3,(H,3,4)/t12-,13-;;/m1../s1. The van der Waals surface area contributed by atoms with Gasteiger partial charge in [-0.25, -0.2) is 4.98 Å². The van der Waals surface area contributed by atoms with Crippen molar-refractivity contribution in [3.05, 3.63) is 47.0 Å². The Bertz CT molecular complexity index is 1120. The van der Waals surface area contributed by atoms with Crippen LogP contribution in [0.1, 0.15) is 39.2 Å². The highest BCUT2D eigenvalue weighted by Gasteiger charge is 2.25. The van der Waals surface area contributed by atoms with Gasteiger partial charge in [0.2, 0.25) is 0 Å². The highest BCUT2D eigenvalue weighted by Crippen LogP contribution is 2.32. The second-order valence-electron chi connectivity index (χ2n) is 7.39. The Morgan fingerprint density at radius 2 is 1.84 bits per heavy atom. The minimum Gasteiger partial charge on any atom is -0.497 e. The quantitative estimate of drug-likeness (QED) is 0.479. The molecule has 5 N–H and O–H groups in total. The zero-order valence-corrected chi connectivity index (χ0v) is 18.2. The van der Waals surface area contributed by atoms with Crippen LogP contribution in [-0.2, 0) is 9.59 Å². The molecule has 1 aliphatic rings. The number of aromatic amines is 1. The molecule has 0 spiro atoms. The summed E-state index contributed by atoms with van der Waals surface area (Å²) in [5.41, 5.74) is 7.26. The van der Waals surface area contributed by atoms with E-state index in [1.165, 1.54) is 0 Å². The van der Waals surface area contributed by atoms with Gasteiger partial charge < -0.3 is 30.2 Å². The Kier molecular flexibility index (Phi) is 8.54. The molecule has 3 aromatic rings. The number of aliphatic carboxylic acids is 2. The fourth-order valence-corrected chi connectivity index (χ4v) is 3.54. The molecule has 1 aromatic carbocycles. The summed E-state index contributed by atoms with van der Waals surface area (Å²) in [5, 5.41) is 15.8. The van der Waals surface area contributed by atoms with Crippen LogP contribution in [0.2, 0.25) is 0 Å². The number of benzene rings is 1. The average Bonchev–Trinajstić information content (AvgIpc) is 3.35. The zero-order valence-electron chi connectivity index (χ0n) is 18.2. The van der Waals surface area contributed by atoms with E-state index in [0.29, 0.717) is 17.4 Å². The van der Waals surface area contributed by atoms with Gasteiger partial charge in [0.15, 0.2) is 0 Å². The number of aromatic nitrogens is 3. The SMILES string of the molecule is CC(=O)O.CC(=O)O.COc1ccc2[nH]c(=O)c(-c3nccn3[C@@H]3CC[C@@H](N)C3)cc2c1. The Morgan fingerprint density at radius 1 is 1.19 bits per heavy atom. The first kappa shape index (κ1) is 24.6. The van der Waals surface area contributed by atoms with Crippen molar-refractivity contribution in [1.29, 1.82) is 0 Å². The number of fused-ring (bicyclic) bond motifs is 1. The van der Waals surface area contributed by atoms with Crippen LogP contribution in [0.25, 0.3) is 22.3 Å². The van der Waals surface area contributed by atoms with E-state index in [1.807, 2.05) is 30.5 Å². The lowest BCUT2D eigenvalue weighted by Gasteiger charge is -2.15. The highest BCUT2D eigenvalue weighted by atomic mass is 16.5. The molecule has 32 heavy (non-hydrogen) atoms. The van der Waals surface area contributed by atoms with Crippen LogP contribution >= 0.6 is 0 Å². The summed E-state index contributed by atoms with van der Waals surface area (Å²) in [7, 11) is 1.63. The summed E-state index contributed by atoms with van der Waals surface area (Å²) in [6.07, 6.45) is 6.63. The first-order chi connectivity index (χ1) is 15.1. The molecule has 172 valence electrons. The average molecular weight is 444 g/mol. The van der Waals surface area contributed by atoms with E-state index in [0.717, 1.165) is 49.8 Å². The van der Waals surface area contributed by atoms with E-state index in [1.54, 1.807) is 13.3 Å². The van der Waals surface area contributed by atoms with E-state index in [2.05, 4.69) is 14.5 Å². The lowest BCUT2D eigenvalue weighted by molar-refractivity contribution is -0.135. The largest absolute Gasteiger partial charge is 0.497 e. The zero-order chi connectivity index (χ0) is 23.8. The first-order valence-corrected chi connectivity index (χ1v) is 10.0. The summed E-state index contributed by atoms with van der Waals surface area (Å²) in [6.45, 7) is 2.17. The minimum absolute atomic E-state index is 0.137. The number of rotatable bonds is 3. The molecule has 1 fully saturated rings. The number of hydrogen-bond donors (Lipinski definition) is 4. The van der Waals surface area contributed by atoms with Gasteiger partial charge in [0, 0.05) is 49.2 Å². The normalized spacial score (nSPS) is 17.0. The molecule has 2 aromatic heterocycles. The Labute approximate surface area is 184 Å². The van der Waals surface area contributed by atoms with Crippen molar-refractivity contribution < 1.29 is 24.5 Å². The fourth-order valence-electron chi connectivity index (χ4n) is 3.54. The molecule has 0 radical (unpaired) electrons. The van der Waals surface area contributed by atoms with Crippen LogP contribution in [-0.4, -0.2) is 49.8 Å². The number of nitrogens with zero attached hydrogens (tertiary/aromatic N) is 2. The number of hydrogen-bond acceptors (Lipinski definition) is 6. The number of carboxylic acid groups (broad SMARTS) is 2. The van der Waals surface area contributed by atoms with Gasteiger partial charge in [-0.1, -0.05) is 0 Å². The van der Waals surface area contributed by atoms with E-state index in [9.17, 15) is 4.79 Å². The summed E-state index contributed by atoms with van der Waals surface area (Å²) in [6, 6.07) is 8.00. The molecule has 0 bridgehead atoms. The number of nitrogens with two attached hydrogens (primary N) is 1. The predicted molar refractivity (Wildman–Crippen MR) is 120 cm³/mol. The monoisotopic (exact) mass is 444 g/mol. The van der Waals surface area contributed by atoms with Crippen LogP contribution in [0.3, 0.4) is 0 Å². The van der Waals surface area contributed by atoms with Crippen molar-refractivity contribution in [2.75, 3.05) is 7.11 Å². The van der Waals surface area contributed by atoms with E-state index < -0.39 is 11.9 Å². The van der Waals surface area contributed by atoms with Crippen LogP contribution < -0.4 is 16.0 Å². The van der Waals surface area contributed by atoms with Gasteiger partial charge in [-0.15, -0.1) is 0 Å². The second kappa shape index (κ2) is 11.1. The molecule has 0 unspecified atom stereocenters. The van der Waals surface area contributed by atoms with Gasteiger partial charge in [-0.2, -0.15) is 0 Å². The van der Waals surface area contributed by atoms with Gasteiger partial charge in [-0.05, 0) is 43.5 Å². The van der Waals surface area contributed by atoms with Crippen molar-refractivity contribution in [2.45, 2.75) is 45.2 Å². The number of carboxylic acids is 2. The summed E-state index contributed by atoms with van der Waals surface area (Å²) in [5.74, 6) is -0.217. The van der Waals surface area contributed by atoms with Crippen LogP contribution in [0, 0.1) is 0 Å². The topological polar surface area (TPSA) is 161 Å². The van der Waals surface area contributed by atoms with Crippen LogP contribution in [0.5, 0.6) is 5.75 Å². The third-order valence-corrected chi connectivity index (χ3v) is 4.80. The lowest BCUT2D eigenvalue weighted by atomic mass is 10.1. The molecular formula is C22H28N4O6. The molecule has 2 heterocycles. The minimum atomic E-state index is -0.833. The smallest absolute Gasteiger partial charge is 0.300 e. The van der Waals surface area contributed by atoms with Gasteiger partial charge in [0.05, 0.1) is 12.7 Å². The summed E-state index contributed by atoms with van der Waals surface area (Å²) >= 11 is 0. The van der Waals surface area contributed by atoms with E-state index in [-0.39, 0.29) is 11.6 Å². The Hall–Kier alpha value is -3.66. The second-order valence-corrected chi connectivity index (χ2v) is 7.39. The molecule has 0 saturated heterocycles. The van der Waals surface area contributed by atoms with Crippen molar-refractivity contribution in [1.82, 2.24) is 14.5 Å². The molecule has 0 aliphatic heterocycles. The number of ether oxygens (including phenoxy) is 1. The summed E-state index contributed by atoms with van der Waals surface area (Å²) in [4.78, 5) is 37.9. The molecule has 10 nitrogen and oxygen atoms in total. The maximum Gasteiger partial charge on any atom is 0.300 e.